The van der Waals surface area contributed by atoms with Crippen LogP contribution < -0.4 is 10.1 Å². The molecule has 7 nitrogen and oxygen atoms in total. The highest BCUT2D eigenvalue weighted by Gasteiger charge is 2.36. The smallest absolute Gasteiger partial charge is 0.321 e. The average molecular weight is 396 g/mol. The van der Waals surface area contributed by atoms with Gasteiger partial charge in [0.05, 0.1) is 18.8 Å². The predicted molar refractivity (Wildman–Crippen MR) is 112 cm³/mol. The number of urea groups is 1. The second-order valence-electron chi connectivity index (χ2n) is 7.86. The number of aryl methyl sites for hydroxylation is 2. The second-order valence-corrected chi connectivity index (χ2v) is 7.86. The standard InChI is InChI=1S/C22H28N4O3/c1-15-6-8-23-21(12-15)29-19-13-17(5-4-16(19)2)24-22(27)25(3)18-7-9-26-10-11-28-20(18)14-26/h4-6,8,12-13,18,20H,7,9-11,14H2,1-3H3,(H,24,27). The maximum absolute atomic E-state index is 12.9. The summed E-state index contributed by atoms with van der Waals surface area (Å²) in [6, 6.07) is 9.41. The number of carbonyl (C=O) groups excluding carboxylic acids is 1. The number of hydrogen-bond donors (Lipinski definition) is 1. The van der Waals surface area contributed by atoms with Crippen LogP contribution in [0, 0.1) is 13.8 Å². The second kappa shape index (κ2) is 8.39. The normalized spacial score (nSPS) is 23.3. The Kier molecular flexibility index (Phi) is 5.69. The number of rotatable bonds is 4. The van der Waals surface area contributed by atoms with Crippen molar-refractivity contribution in [1.29, 1.82) is 0 Å². The van der Waals surface area contributed by atoms with Crippen molar-refractivity contribution in [2.45, 2.75) is 32.4 Å². The van der Waals surface area contributed by atoms with E-state index in [0.717, 1.165) is 43.8 Å². The molecule has 0 radical (unpaired) electrons. The van der Waals surface area contributed by atoms with Gasteiger partial charge in [0.25, 0.3) is 0 Å². The summed E-state index contributed by atoms with van der Waals surface area (Å²) in [5, 5.41) is 3.00. The molecule has 2 aliphatic rings. The number of likely N-dealkylation sites (N-methyl/N-ethyl adjacent to an activating group) is 1. The molecule has 1 aromatic heterocycles. The molecule has 2 amide bonds. The van der Waals surface area contributed by atoms with Crippen molar-refractivity contribution in [3.8, 4) is 11.6 Å². The minimum atomic E-state index is -0.138. The predicted octanol–water partition coefficient (Wildman–Crippen LogP) is 3.43. The highest BCUT2D eigenvalue weighted by atomic mass is 16.5. The number of anilines is 1. The number of piperidine rings is 1. The Bertz CT molecular complexity index is 888. The quantitative estimate of drug-likeness (QED) is 0.858. The third-order valence-corrected chi connectivity index (χ3v) is 5.71. The van der Waals surface area contributed by atoms with Crippen LogP contribution in [0.15, 0.2) is 36.5 Å². The van der Waals surface area contributed by atoms with Crippen LogP contribution in [0.25, 0.3) is 0 Å². The van der Waals surface area contributed by atoms with E-state index in [0.29, 0.717) is 17.3 Å². The van der Waals surface area contributed by atoms with E-state index in [4.69, 9.17) is 9.47 Å². The van der Waals surface area contributed by atoms with E-state index in [1.165, 1.54) is 0 Å². The molecule has 0 saturated carbocycles. The number of carbonyl (C=O) groups is 1. The van der Waals surface area contributed by atoms with Crippen LogP contribution in [-0.4, -0.2) is 66.2 Å². The van der Waals surface area contributed by atoms with Gasteiger partial charge in [-0.25, -0.2) is 9.78 Å². The monoisotopic (exact) mass is 396 g/mol. The number of ether oxygens (including phenoxy) is 2. The molecule has 4 rings (SSSR count). The van der Waals surface area contributed by atoms with E-state index in [1.807, 2.05) is 51.2 Å². The molecular formula is C22H28N4O3. The summed E-state index contributed by atoms with van der Waals surface area (Å²) >= 11 is 0. The Hall–Kier alpha value is -2.64. The molecule has 2 bridgehead atoms. The average Bonchev–Trinajstić information content (AvgIpc) is 2.70. The van der Waals surface area contributed by atoms with E-state index < -0.39 is 0 Å². The number of nitrogens with one attached hydrogen (secondary N) is 1. The Morgan fingerprint density at radius 3 is 2.97 bits per heavy atom. The Morgan fingerprint density at radius 2 is 2.14 bits per heavy atom. The Labute approximate surface area is 171 Å². The molecule has 1 N–H and O–H groups in total. The van der Waals surface area contributed by atoms with Crippen molar-refractivity contribution in [1.82, 2.24) is 14.8 Å². The van der Waals surface area contributed by atoms with Crippen LogP contribution in [0.5, 0.6) is 11.6 Å². The van der Waals surface area contributed by atoms with Gasteiger partial charge in [-0.2, -0.15) is 0 Å². The van der Waals surface area contributed by atoms with Crippen LogP contribution in [0.4, 0.5) is 10.5 Å². The highest BCUT2D eigenvalue weighted by molar-refractivity contribution is 5.89. The molecule has 3 heterocycles. The summed E-state index contributed by atoms with van der Waals surface area (Å²) in [4.78, 5) is 21.3. The maximum Gasteiger partial charge on any atom is 0.321 e. The molecular weight excluding hydrogens is 368 g/mol. The zero-order valence-corrected chi connectivity index (χ0v) is 17.2. The van der Waals surface area contributed by atoms with Gasteiger partial charge in [-0.15, -0.1) is 0 Å². The van der Waals surface area contributed by atoms with Crippen molar-refractivity contribution >= 4 is 11.7 Å². The lowest BCUT2D eigenvalue weighted by Crippen LogP contribution is -2.59. The molecule has 7 heteroatoms. The Balaban J connectivity index is 1.44. The topological polar surface area (TPSA) is 66.9 Å². The fourth-order valence-electron chi connectivity index (χ4n) is 3.94. The Morgan fingerprint density at radius 1 is 1.28 bits per heavy atom. The van der Waals surface area contributed by atoms with Gasteiger partial charge in [-0.3, -0.25) is 4.90 Å². The van der Waals surface area contributed by atoms with Gasteiger partial charge in [0.15, 0.2) is 0 Å². The number of fused-ring (bicyclic) bond motifs is 2. The minimum absolute atomic E-state index is 0.0811. The first-order chi connectivity index (χ1) is 14.0. The van der Waals surface area contributed by atoms with E-state index in [9.17, 15) is 4.79 Å². The fraction of sp³-hybridized carbons (Fsp3) is 0.455. The van der Waals surface area contributed by atoms with Crippen molar-refractivity contribution in [3.05, 3.63) is 47.7 Å². The molecule has 2 saturated heterocycles. The molecule has 1 aromatic carbocycles. The van der Waals surface area contributed by atoms with E-state index in [1.54, 1.807) is 11.1 Å². The maximum atomic E-state index is 12.9. The number of hydrogen-bond acceptors (Lipinski definition) is 5. The van der Waals surface area contributed by atoms with Gasteiger partial charge in [0, 0.05) is 50.7 Å². The molecule has 2 aliphatic heterocycles. The van der Waals surface area contributed by atoms with Crippen LogP contribution >= 0.6 is 0 Å². The van der Waals surface area contributed by atoms with Gasteiger partial charge >= 0.3 is 6.03 Å². The van der Waals surface area contributed by atoms with Gasteiger partial charge in [0.1, 0.15) is 5.75 Å². The largest absolute Gasteiger partial charge is 0.439 e. The zero-order chi connectivity index (χ0) is 20.4. The molecule has 3 unspecified atom stereocenters. The first-order valence-corrected chi connectivity index (χ1v) is 10.1. The third kappa shape index (κ3) is 4.52. The van der Waals surface area contributed by atoms with Crippen LogP contribution in [-0.2, 0) is 4.74 Å². The molecule has 0 aliphatic carbocycles. The summed E-state index contributed by atoms with van der Waals surface area (Å²) in [6.07, 6.45) is 2.73. The summed E-state index contributed by atoms with van der Waals surface area (Å²) in [5.74, 6) is 1.21. The summed E-state index contributed by atoms with van der Waals surface area (Å²) < 4.78 is 11.8. The number of benzene rings is 1. The number of aromatic nitrogens is 1. The lowest BCUT2D eigenvalue weighted by molar-refractivity contribution is -0.0878. The number of morpholine rings is 1. The zero-order valence-electron chi connectivity index (χ0n) is 17.2. The van der Waals surface area contributed by atoms with Gasteiger partial charge in [-0.05, 0) is 43.5 Å². The molecule has 154 valence electrons. The van der Waals surface area contributed by atoms with E-state index in [2.05, 4.69) is 15.2 Å². The summed E-state index contributed by atoms with van der Waals surface area (Å²) in [6.45, 7) is 7.59. The molecule has 2 fully saturated rings. The fourth-order valence-corrected chi connectivity index (χ4v) is 3.94. The molecule has 3 atom stereocenters. The van der Waals surface area contributed by atoms with Gasteiger partial charge < -0.3 is 19.7 Å². The minimum Gasteiger partial charge on any atom is -0.439 e. The molecule has 0 spiro atoms. The van der Waals surface area contributed by atoms with Crippen molar-refractivity contribution in [3.63, 3.8) is 0 Å². The van der Waals surface area contributed by atoms with Crippen molar-refractivity contribution < 1.29 is 14.3 Å². The van der Waals surface area contributed by atoms with Gasteiger partial charge in [-0.1, -0.05) is 6.07 Å². The first kappa shape index (κ1) is 19.7. The summed E-state index contributed by atoms with van der Waals surface area (Å²) in [7, 11) is 1.84. The number of amides is 2. The van der Waals surface area contributed by atoms with Crippen LogP contribution in [0.1, 0.15) is 17.5 Å². The SMILES string of the molecule is Cc1ccnc(Oc2cc(NC(=O)N(C)C3CCN4CCOC3C4)ccc2C)c1. The van der Waals surface area contributed by atoms with Gasteiger partial charge in [0.2, 0.25) is 5.88 Å². The van der Waals surface area contributed by atoms with E-state index >= 15 is 0 Å². The van der Waals surface area contributed by atoms with Crippen LogP contribution in [0.2, 0.25) is 0 Å². The number of pyridine rings is 1. The molecule has 29 heavy (non-hydrogen) atoms. The lowest BCUT2D eigenvalue weighted by Gasteiger charge is -2.45. The third-order valence-electron chi connectivity index (χ3n) is 5.71. The summed E-state index contributed by atoms with van der Waals surface area (Å²) in [5.41, 5.74) is 2.74. The van der Waals surface area contributed by atoms with Crippen molar-refractivity contribution in [2.24, 2.45) is 0 Å². The first-order valence-electron chi connectivity index (χ1n) is 10.1. The number of nitrogens with zero attached hydrogens (tertiary/aromatic N) is 3. The lowest BCUT2D eigenvalue weighted by atomic mass is 9.99. The van der Waals surface area contributed by atoms with Crippen molar-refractivity contribution in [2.75, 3.05) is 38.6 Å². The van der Waals surface area contributed by atoms with Crippen LogP contribution in [0.3, 0.4) is 0 Å². The highest BCUT2D eigenvalue weighted by Crippen LogP contribution is 2.28. The molecule has 2 aromatic rings. The van der Waals surface area contributed by atoms with E-state index in [-0.39, 0.29) is 18.2 Å².